The Labute approximate surface area is 367 Å². The van der Waals surface area contributed by atoms with E-state index >= 15 is 0 Å². The Kier molecular flexibility index (Phi) is 9.10. The number of benzene rings is 2. The van der Waals surface area contributed by atoms with E-state index in [1.165, 1.54) is 50.9 Å². The third-order valence-electron chi connectivity index (χ3n) is 18.1. The van der Waals surface area contributed by atoms with Crippen LogP contribution < -0.4 is 0 Å². The maximum Gasteiger partial charge on any atom is -0.00255 e. The predicted octanol–water partition coefficient (Wildman–Crippen LogP) is 16.1. The molecule has 0 saturated heterocycles. The van der Waals surface area contributed by atoms with Crippen molar-refractivity contribution in [2.75, 3.05) is 0 Å². The lowest BCUT2D eigenvalue weighted by Gasteiger charge is -2.36. The van der Waals surface area contributed by atoms with Crippen LogP contribution in [-0.4, -0.2) is 0 Å². The van der Waals surface area contributed by atoms with Crippen molar-refractivity contribution in [1.82, 2.24) is 0 Å². The summed E-state index contributed by atoms with van der Waals surface area (Å²) >= 11 is 0. The molecule has 0 radical (unpaired) electrons. The van der Waals surface area contributed by atoms with Crippen molar-refractivity contribution in [2.45, 2.75) is 112 Å². The van der Waals surface area contributed by atoms with Crippen LogP contribution in [0.5, 0.6) is 0 Å². The molecule has 9 aliphatic carbocycles. The first kappa shape index (κ1) is 39.2. The van der Waals surface area contributed by atoms with Crippen molar-refractivity contribution in [1.29, 1.82) is 0 Å². The van der Waals surface area contributed by atoms with Crippen LogP contribution in [0, 0.1) is 46.3 Å². The lowest BCUT2D eigenvalue weighted by atomic mass is 9.67. The molecule has 0 nitrogen and oxygen atoms in total. The summed E-state index contributed by atoms with van der Waals surface area (Å²) in [7, 11) is 0. The van der Waals surface area contributed by atoms with Crippen molar-refractivity contribution >= 4 is 22.3 Å². The highest BCUT2D eigenvalue weighted by molar-refractivity contribution is 5.83. The van der Waals surface area contributed by atoms with Gasteiger partial charge in [-0.05, 0) is 192 Å². The zero-order chi connectivity index (χ0) is 42.0. The molecule has 310 valence electrons. The first-order valence-electron chi connectivity index (χ1n) is 24.1. The van der Waals surface area contributed by atoms with Gasteiger partial charge in [-0.1, -0.05) is 177 Å². The van der Waals surface area contributed by atoms with Gasteiger partial charge in [-0.3, -0.25) is 0 Å². The molecule has 0 bridgehead atoms. The fraction of sp³-hybridized carbons (Fsp3) is 0.410. The van der Waals surface area contributed by atoms with Crippen molar-refractivity contribution in [3.8, 4) is 0 Å². The number of hydrogen-bond donors (Lipinski definition) is 0. The lowest BCUT2D eigenvalue weighted by molar-refractivity contribution is 0.207. The Balaban J connectivity index is 0.847. The van der Waals surface area contributed by atoms with E-state index in [-0.39, 0.29) is 16.2 Å². The van der Waals surface area contributed by atoms with Crippen LogP contribution in [0.15, 0.2) is 155 Å². The van der Waals surface area contributed by atoms with E-state index in [1.807, 2.05) is 0 Å². The number of allylic oxidation sites excluding steroid dienone is 24. The van der Waals surface area contributed by atoms with Crippen molar-refractivity contribution < 1.29 is 0 Å². The maximum absolute atomic E-state index is 2.57. The maximum atomic E-state index is 2.57. The average Bonchev–Trinajstić information content (AvgIpc) is 3.77. The van der Waals surface area contributed by atoms with E-state index in [0.717, 1.165) is 44.9 Å². The van der Waals surface area contributed by atoms with Crippen molar-refractivity contribution in [2.24, 2.45) is 46.3 Å². The molecule has 0 heteroatoms. The smallest absolute Gasteiger partial charge is 0.00255 e. The number of aryl methyl sites for hydroxylation is 1. The Hall–Kier alpha value is -4.68. The van der Waals surface area contributed by atoms with Crippen LogP contribution in [0.1, 0.15) is 134 Å². The van der Waals surface area contributed by atoms with E-state index in [2.05, 4.69) is 177 Å². The molecule has 0 aromatic heterocycles. The summed E-state index contributed by atoms with van der Waals surface area (Å²) in [5.74, 6) is 3.46. The lowest BCUT2D eigenvalue weighted by Crippen LogP contribution is -2.28. The standard InChI is InChI=1S/C61H66/c1-9-37-31-39(41-21-27-49-47-15-11-13-17-53(47)59(3,4)55(49)33-41)19-25-45(37)46-26-20-40(32-38(46)10-2)42-22-29-51-52-30-24-44(36-58(52)61(7,8)57(51)34-42)43-23-28-50-48-16-12-14-18-54(48)60(5,6)56(50)35-43/h11-16,19-31,35,38,53-55,57-58H,9-10,17-18,32-34,36H2,1-8H3. The summed E-state index contributed by atoms with van der Waals surface area (Å²) in [6.45, 7) is 19.9. The number of hydrogen-bond acceptors (Lipinski definition) is 0. The highest BCUT2D eigenvalue weighted by Gasteiger charge is 2.52. The summed E-state index contributed by atoms with van der Waals surface area (Å²) in [5, 5.41) is 0. The third-order valence-corrected chi connectivity index (χ3v) is 18.1. The van der Waals surface area contributed by atoms with Crippen molar-refractivity contribution in [3.63, 3.8) is 0 Å². The Morgan fingerprint density at radius 1 is 0.459 bits per heavy atom. The zero-order valence-corrected chi connectivity index (χ0v) is 38.2. The number of rotatable bonds is 6. The van der Waals surface area contributed by atoms with E-state index in [9.17, 15) is 0 Å². The third kappa shape index (κ3) is 5.90. The van der Waals surface area contributed by atoms with Gasteiger partial charge in [-0.25, -0.2) is 0 Å². The van der Waals surface area contributed by atoms with Gasteiger partial charge in [0.15, 0.2) is 0 Å². The molecular weight excluding hydrogens is 733 g/mol. The molecule has 61 heavy (non-hydrogen) atoms. The predicted molar refractivity (Wildman–Crippen MR) is 260 cm³/mol. The van der Waals surface area contributed by atoms with Gasteiger partial charge in [-0.15, -0.1) is 0 Å². The summed E-state index contributed by atoms with van der Waals surface area (Å²) in [4.78, 5) is 0. The molecule has 0 heterocycles. The molecule has 0 N–H and O–H groups in total. The summed E-state index contributed by atoms with van der Waals surface area (Å²) in [6, 6.07) is 14.9. The van der Waals surface area contributed by atoms with E-state index in [0.29, 0.717) is 35.5 Å². The van der Waals surface area contributed by atoms with Gasteiger partial charge < -0.3 is 0 Å². The Morgan fingerprint density at radius 2 is 0.951 bits per heavy atom. The van der Waals surface area contributed by atoms with Gasteiger partial charge in [0.2, 0.25) is 0 Å². The highest BCUT2D eigenvalue weighted by atomic mass is 14.6. The summed E-state index contributed by atoms with van der Waals surface area (Å²) < 4.78 is 0. The molecule has 2 fully saturated rings. The van der Waals surface area contributed by atoms with Gasteiger partial charge in [-0.2, -0.15) is 0 Å². The molecule has 9 aliphatic rings. The Bertz CT molecular complexity index is 2640. The largest absolute Gasteiger partial charge is 0.0839 e. The van der Waals surface area contributed by atoms with Gasteiger partial charge >= 0.3 is 0 Å². The molecule has 0 aliphatic heterocycles. The summed E-state index contributed by atoms with van der Waals surface area (Å²) in [5.41, 5.74) is 25.1. The quantitative estimate of drug-likeness (QED) is 0.273. The number of fused-ring (bicyclic) bond motifs is 9. The molecule has 0 spiro atoms. The first-order valence-corrected chi connectivity index (χ1v) is 24.1. The topological polar surface area (TPSA) is 0 Å². The van der Waals surface area contributed by atoms with Gasteiger partial charge in [0, 0.05) is 0 Å². The van der Waals surface area contributed by atoms with Crippen LogP contribution >= 0.6 is 0 Å². The SMILES string of the molecule is CCc1cc(C2=CC=C3C4=CC=CCC4C(C)(C)C3C2)ccc1C1=CC=C(C2=CC=C3C4=CC=C(c5ccc6c(c5)C(C)(C)C5CC=CC=C65)CC4C(C)(C)C3C2)CC1CC. The van der Waals surface area contributed by atoms with Crippen molar-refractivity contribution in [3.05, 3.63) is 188 Å². The molecule has 2 saturated carbocycles. The van der Waals surface area contributed by atoms with Gasteiger partial charge in [0.05, 0.1) is 0 Å². The van der Waals surface area contributed by atoms with Crippen LogP contribution in [0.3, 0.4) is 0 Å². The Morgan fingerprint density at radius 3 is 1.57 bits per heavy atom. The van der Waals surface area contributed by atoms with Crippen LogP contribution in [0.25, 0.3) is 22.3 Å². The molecule has 2 aromatic rings. The highest BCUT2D eigenvalue weighted by Crippen LogP contribution is 2.62. The minimum Gasteiger partial charge on any atom is -0.0839 e. The van der Waals surface area contributed by atoms with Gasteiger partial charge in [0.1, 0.15) is 0 Å². The molecule has 0 amide bonds. The zero-order valence-electron chi connectivity index (χ0n) is 38.2. The van der Waals surface area contributed by atoms with E-state index < -0.39 is 0 Å². The second-order valence-corrected chi connectivity index (χ2v) is 21.9. The van der Waals surface area contributed by atoms with Crippen LogP contribution in [0.2, 0.25) is 0 Å². The minimum atomic E-state index is 0.161. The van der Waals surface area contributed by atoms with Gasteiger partial charge in [0.25, 0.3) is 0 Å². The first-order chi connectivity index (χ1) is 29.4. The van der Waals surface area contributed by atoms with E-state index in [1.54, 1.807) is 44.6 Å². The minimum absolute atomic E-state index is 0.161. The average molecular weight is 799 g/mol. The van der Waals surface area contributed by atoms with Crippen LogP contribution in [-0.2, 0) is 11.8 Å². The fourth-order valence-electron chi connectivity index (χ4n) is 14.1. The second-order valence-electron chi connectivity index (χ2n) is 21.9. The fourth-order valence-corrected chi connectivity index (χ4v) is 14.1. The molecular formula is C61H66. The monoisotopic (exact) mass is 799 g/mol. The normalized spacial score (nSPS) is 30.6. The molecule has 6 atom stereocenters. The van der Waals surface area contributed by atoms with Crippen LogP contribution in [0.4, 0.5) is 0 Å². The molecule has 2 aromatic carbocycles. The second kappa shape index (κ2) is 14.2. The molecule has 11 rings (SSSR count). The molecule has 6 unspecified atom stereocenters. The van der Waals surface area contributed by atoms with E-state index in [4.69, 9.17) is 0 Å². The summed E-state index contributed by atoms with van der Waals surface area (Å²) in [6.07, 6.45) is 43.1.